The van der Waals surface area contributed by atoms with Gasteiger partial charge >= 0.3 is 18.4 Å². The number of aromatic nitrogens is 1. The fourth-order valence-electron chi connectivity index (χ4n) is 5.48. The van der Waals surface area contributed by atoms with E-state index in [1.165, 1.54) is 24.3 Å². The summed E-state index contributed by atoms with van der Waals surface area (Å²) in [7, 11) is 1.55. The summed E-state index contributed by atoms with van der Waals surface area (Å²) in [6.45, 7) is 1.23. The van der Waals surface area contributed by atoms with Gasteiger partial charge in [-0.2, -0.15) is 0 Å². The van der Waals surface area contributed by atoms with Crippen molar-refractivity contribution in [3.05, 3.63) is 36.1 Å². The van der Waals surface area contributed by atoms with Crippen LogP contribution in [-0.4, -0.2) is 78.1 Å². The number of hydrogen-bond donors (Lipinski definition) is 3. The summed E-state index contributed by atoms with van der Waals surface area (Å²) in [5.41, 5.74) is 0.211. The van der Waals surface area contributed by atoms with Crippen LogP contribution in [0.25, 0.3) is 11.3 Å². The lowest BCUT2D eigenvalue weighted by Gasteiger charge is -2.47. The zero-order chi connectivity index (χ0) is 27.8. The maximum absolute atomic E-state index is 13.4. The van der Waals surface area contributed by atoms with Crippen LogP contribution >= 0.6 is 0 Å². The lowest BCUT2D eigenvalue weighted by atomic mass is 9.76. The molecule has 3 N–H and O–H groups in total. The third kappa shape index (κ3) is 6.20. The van der Waals surface area contributed by atoms with Crippen molar-refractivity contribution in [2.24, 2.45) is 5.41 Å². The van der Waals surface area contributed by atoms with Crippen molar-refractivity contribution < 1.29 is 36.8 Å². The lowest BCUT2D eigenvalue weighted by Crippen LogP contribution is -2.61. The fraction of sp³-hybridized carbons (Fsp3) is 0.520. The Morgan fingerprint density at radius 2 is 2.08 bits per heavy atom. The number of urea groups is 2. The second kappa shape index (κ2) is 10.3. The molecule has 2 aliphatic heterocycles. The number of halogens is 3. The van der Waals surface area contributed by atoms with E-state index in [1.807, 2.05) is 0 Å². The van der Waals surface area contributed by atoms with Gasteiger partial charge in [-0.05, 0) is 31.4 Å². The molecule has 3 aliphatic rings. The molecule has 1 saturated carbocycles. The third-order valence-corrected chi connectivity index (χ3v) is 7.23. The number of ether oxygens (including phenoxy) is 1. The first-order chi connectivity index (χ1) is 18.5. The molecule has 39 heavy (non-hydrogen) atoms. The highest BCUT2D eigenvalue weighted by Gasteiger charge is 2.50. The molecule has 14 heteroatoms. The fourth-order valence-corrected chi connectivity index (χ4v) is 5.48. The molecule has 1 aliphatic carbocycles. The average Bonchev–Trinajstić information content (AvgIpc) is 3.48. The summed E-state index contributed by atoms with van der Waals surface area (Å²) in [6, 6.07) is 6.06. The van der Waals surface area contributed by atoms with Crippen LogP contribution in [-0.2, 0) is 11.3 Å². The quantitative estimate of drug-likeness (QED) is 0.508. The largest absolute Gasteiger partial charge is 0.573 e. The number of amides is 5. The first-order valence-electron chi connectivity index (χ1n) is 12.7. The molecule has 5 amide bonds. The minimum absolute atomic E-state index is 0.00482. The number of carbonyl (C=O) groups excluding carboxylic acids is 3. The smallest absolute Gasteiger partial charge is 0.406 e. The summed E-state index contributed by atoms with van der Waals surface area (Å²) >= 11 is 0. The number of carbonyl (C=O) groups is 3. The molecule has 3 heterocycles. The van der Waals surface area contributed by atoms with Crippen molar-refractivity contribution in [1.82, 2.24) is 30.9 Å². The average molecular weight is 551 g/mol. The second-order valence-electron chi connectivity index (χ2n) is 10.3. The van der Waals surface area contributed by atoms with Crippen LogP contribution < -0.4 is 20.7 Å². The van der Waals surface area contributed by atoms with Gasteiger partial charge in [0.15, 0.2) is 5.76 Å². The number of likely N-dealkylation sites (tertiary alicyclic amines) is 1. The normalized spacial score (nSPS) is 22.9. The Morgan fingerprint density at radius 3 is 2.74 bits per heavy atom. The van der Waals surface area contributed by atoms with Crippen molar-refractivity contribution in [2.75, 3.05) is 26.7 Å². The lowest BCUT2D eigenvalue weighted by molar-refractivity contribution is -0.274. The minimum atomic E-state index is -4.82. The standard InChI is InChI=1S/C25H29F3N6O5/c1-29-22(36)33-12-17(9-24(14-33)10-21(35)31-13-24)34(16-5-6-16)23(37)30-11-19-8-20(32-39-19)15-3-2-4-18(7-15)38-25(26,27)28/h2-4,7-8,16-17H,5-6,9-14H2,1H3,(H,29,36)(H,30,37)(H,31,35)/t17-,24?/m1/s1. The van der Waals surface area contributed by atoms with E-state index < -0.39 is 11.8 Å². The van der Waals surface area contributed by atoms with Crippen LogP contribution in [0.15, 0.2) is 34.9 Å². The van der Waals surface area contributed by atoms with E-state index in [9.17, 15) is 27.6 Å². The molecule has 1 aromatic carbocycles. The van der Waals surface area contributed by atoms with Gasteiger partial charge in [-0.25, -0.2) is 9.59 Å². The van der Waals surface area contributed by atoms with Crippen LogP contribution in [0.2, 0.25) is 0 Å². The Morgan fingerprint density at radius 1 is 1.28 bits per heavy atom. The molecule has 2 saturated heterocycles. The molecule has 5 rings (SSSR count). The number of benzene rings is 1. The van der Waals surface area contributed by atoms with Crippen LogP contribution in [0.4, 0.5) is 22.8 Å². The number of alkyl halides is 3. The van der Waals surface area contributed by atoms with Gasteiger partial charge in [-0.1, -0.05) is 17.3 Å². The van der Waals surface area contributed by atoms with Crippen molar-refractivity contribution in [1.29, 1.82) is 0 Å². The topological polar surface area (TPSA) is 129 Å². The summed E-state index contributed by atoms with van der Waals surface area (Å²) in [4.78, 5) is 41.4. The third-order valence-electron chi connectivity index (χ3n) is 7.23. The van der Waals surface area contributed by atoms with Crippen molar-refractivity contribution in [3.63, 3.8) is 0 Å². The molecule has 2 atom stereocenters. The highest BCUT2D eigenvalue weighted by molar-refractivity contribution is 5.80. The van der Waals surface area contributed by atoms with Gasteiger partial charge in [-0.3, -0.25) is 4.79 Å². The van der Waals surface area contributed by atoms with E-state index in [2.05, 4.69) is 25.8 Å². The Bertz CT molecular complexity index is 1250. The zero-order valence-corrected chi connectivity index (χ0v) is 21.2. The van der Waals surface area contributed by atoms with Crippen LogP contribution in [0.1, 0.15) is 31.4 Å². The Hall–Kier alpha value is -3.97. The van der Waals surface area contributed by atoms with Crippen LogP contribution in [0, 0.1) is 5.41 Å². The number of nitrogens with one attached hydrogen (secondary N) is 3. The van der Waals surface area contributed by atoms with Gasteiger partial charge in [0, 0.05) is 56.2 Å². The Balaban J connectivity index is 1.26. The van der Waals surface area contributed by atoms with E-state index in [-0.39, 0.29) is 42.3 Å². The van der Waals surface area contributed by atoms with E-state index in [0.29, 0.717) is 49.5 Å². The van der Waals surface area contributed by atoms with Crippen molar-refractivity contribution >= 4 is 18.0 Å². The molecular weight excluding hydrogens is 521 g/mol. The molecule has 1 unspecified atom stereocenters. The van der Waals surface area contributed by atoms with Crippen LogP contribution in [0.3, 0.4) is 0 Å². The monoisotopic (exact) mass is 550 g/mol. The maximum Gasteiger partial charge on any atom is 0.573 e. The molecular formula is C25H29F3N6O5. The Labute approximate surface area is 222 Å². The minimum Gasteiger partial charge on any atom is -0.406 e. The predicted octanol–water partition coefficient (Wildman–Crippen LogP) is 2.83. The second-order valence-corrected chi connectivity index (χ2v) is 10.3. The molecule has 0 radical (unpaired) electrons. The van der Waals surface area contributed by atoms with Crippen molar-refractivity contribution in [3.8, 4) is 17.0 Å². The molecule has 11 nitrogen and oxygen atoms in total. The van der Waals surface area contributed by atoms with Gasteiger partial charge in [0.1, 0.15) is 11.4 Å². The molecule has 2 aromatic rings. The maximum atomic E-state index is 13.4. The molecule has 0 bridgehead atoms. The molecule has 3 fully saturated rings. The number of hydrogen-bond acceptors (Lipinski definition) is 6. The predicted molar refractivity (Wildman–Crippen MR) is 130 cm³/mol. The first kappa shape index (κ1) is 26.6. The van der Waals surface area contributed by atoms with Gasteiger partial charge < -0.3 is 35.0 Å². The summed E-state index contributed by atoms with van der Waals surface area (Å²) in [6.07, 6.45) is -2.24. The summed E-state index contributed by atoms with van der Waals surface area (Å²) < 4.78 is 46.9. The van der Waals surface area contributed by atoms with Gasteiger partial charge in [0.25, 0.3) is 0 Å². The highest BCUT2D eigenvalue weighted by Crippen LogP contribution is 2.40. The van der Waals surface area contributed by atoms with E-state index in [1.54, 1.807) is 22.9 Å². The van der Waals surface area contributed by atoms with Gasteiger partial charge in [0.2, 0.25) is 5.91 Å². The highest BCUT2D eigenvalue weighted by atomic mass is 19.4. The zero-order valence-electron chi connectivity index (χ0n) is 21.2. The molecule has 1 spiro atoms. The number of piperidine rings is 1. The van der Waals surface area contributed by atoms with Gasteiger partial charge in [-0.15, -0.1) is 13.2 Å². The summed E-state index contributed by atoms with van der Waals surface area (Å²) in [5, 5.41) is 12.3. The first-order valence-corrected chi connectivity index (χ1v) is 12.7. The van der Waals surface area contributed by atoms with Gasteiger partial charge in [0.05, 0.1) is 12.6 Å². The number of rotatable bonds is 6. The SMILES string of the molecule is CNC(=O)N1C[C@H](N(C(=O)NCc2cc(-c3cccc(OC(F)(F)F)c3)no2)C2CC2)CC2(CNC(=O)C2)C1. The Kier molecular flexibility index (Phi) is 7.03. The molecule has 210 valence electrons. The van der Waals surface area contributed by atoms with E-state index in [0.717, 1.165) is 12.8 Å². The summed E-state index contributed by atoms with van der Waals surface area (Å²) in [5.74, 6) is -0.131. The van der Waals surface area contributed by atoms with Crippen molar-refractivity contribution in [2.45, 2.75) is 50.7 Å². The van der Waals surface area contributed by atoms with Crippen LogP contribution in [0.5, 0.6) is 5.75 Å². The van der Waals surface area contributed by atoms with E-state index in [4.69, 9.17) is 4.52 Å². The van der Waals surface area contributed by atoms with E-state index >= 15 is 0 Å². The number of nitrogens with zero attached hydrogens (tertiary/aromatic N) is 3. The molecule has 1 aromatic heterocycles.